The Morgan fingerprint density at radius 1 is 1.28 bits per heavy atom. The lowest BCUT2D eigenvalue weighted by atomic mass is 10.0. The molecule has 1 atom stereocenters. The van der Waals surface area contributed by atoms with E-state index in [1.807, 2.05) is 18.2 Å². The SMILES string of the molecule is O=C1OC2=CC=CCN2C1C(=O)c1ccccc1. The molecule has 0 N–H and O–H groups in total. The number of benzene rings is 1. The van der Waals surface area contributed by atoms with Crippen molar-refractivity contribution in [1.82, 2.24) is 4.90 Å². The fourth-order valence-electron chi connectivity index (χ4n) is 2.13. The van der Waals surface area contributed by atoms with Crippen molar-refractivity contribution in [3.8, 4) is 0 Å². The van der Waals surface area contributed by atoms with Crippen molar-refractivity contribution in [3.63, 3.8) is 0 Å². The molecule has 3 rings (SSSR count). The molecule has 0 radical (unpaired) electrons. The lowest BCUT2D eigenvalue weighted by Crippen LogP contribution is -2.40. The van der Waals surface area contributed by atoms with Gasteiger partial charge in [-0.2, -0.15) is 0 Å². The van der Waals surface area contributed by atoms with Crippen LogP contribution in [-0.4, -0.2) is 29.2 Å². The van der Waals surface area contributed by atoms with Crippen LogP contribution in [-0.2, 0) is 9.53 Å². The van der Waals surface area contributed by atoms with Crippen molar-refractivity contribution < 1.29 is 14.3 Å². The van der Waals surface area contributed by atoms with Crippen LogP contribution in [0.4, 0.5) is 0 Å². The van der Waals surface area contributed by atoms with E-state index in [4.69, 9.17) is 4.74 Å². The number of esters is 1. The highest BCUT2D eigenvalue weighted by atomic mass is 16.6. The molecule has 2 aliphatic rings. The number of ether oxygens (including phenoxy) is 1. The van der Waals surface area contributed by atoms with E-state index in [0.29, 0.717) is 18.0 Å². The van der Waals surface area contributed by atoms with Crippen LogP contribution in [0, 0.1) is 0 Å². The quantitative estimate of drug-likeness (QED) is 0.447. The number of hydrogen-bond donors (Lipinski definition) is 0. The molecule has 1 fully saturated rings. The third kappa shape index (κ3) is 1.62. The first-order valence-electron chi connectivity index (χ1n) is 5.72. The molecule has 4 heteroatoms. The molecule has 1 aromatic rings. The lowest BCUT2D eigenvalue weighted by molar-refractivity contribution is -0.135. The third-order valence-electron chi connectivity index (χ3n) is 3.01. The largest absolute Gasteiger partial charge is 0.408 e. The van der Waals surface area contributed by atoms with Crippen molar-refractivity contribution in [2.75, 3.05) is 6.54 Å². The van der Waals surface area contributed by atoms with Gasteiger partial charge in [-0.3, -0.25) is 4.79 Å². The van der Waals surface area contributed by atoms with Gasteiger partial charge < -0.3 is 9.64 Å². The summed E-state index contributed by atoms with van der Waals surface area (Å²) in [6.07, 6.45) is 5.39. The molecule has 18 heavy (non-hydrogen) atoms. The van der Waals surface area contributed by atoms with E-state index in [1.54, 1.807) is 35.2 Å². The first kappa shape index (κ1) is 10.8. The number of allylic oxidation sites excluding steroid dienone is 2. The normalized spacial score (nSPS) is 21.3. The predicted molar refractivity (Wildman–Crippen MR) is 64.6 cm³/mol. The maximum absolute atomic E-state index is 12.3. The topological polar surface area (TPSA) is 46.6 Å². The molecule has 1 saturated heterocycles. The van der Waals surface area contributed by atoms with Gasteiger partial charge in [-0.05, 0) is 6.08 Å². The summed E-state index contributed by atoms with van der Waals surface area (Å²) in [4.78, 5) is 25.8. The van der Waals surface area contributed by atoms with Crippen molar-refractivity contribution in [2.45, 2.75) is 6.04 Å². The number of ketones is 1. The fourth-order valence-corrected chi connectivity index (χ4v) is 2.13. The van der Waals surface area contributed by atoms with Crippen molar-refractivity contribution in [2.24, 2.45) is 0 Å². The van der Waals surface area contributed by atoms with Gasteiger partial charge in [0.1, 0.15) is 0 Å². The molecule has 2 heterocycles. The first-order chi connectivity index (χ1) is 8.77. The molecule has 0 saturated carbocycles. The number of fused-ring (bicyclic) bond motifs is 1. The highest BCUT2D eigenvalue weighted by molar-refractivity contribution is 6.13. The van der Waals surface area contributed by atoms with Gasteiger partial charge >= 0.3 is 5.97 Å². The Kier molecular flexibility index (Phi) is 2.48. The van der Waals surface area contributed by atoms with Crippen LogP contribution >= 0.6 is 0 Å². The second-order valence-electron chi connectivity index (χ2n) is 4.14. The minimum absolute atomic E-state index is 0.223. The van der Waals surface area contributed by atoms with Crippen LogP contribution in [0.15, 0.2) is 54.4 Å². The molecule has 0 bridgehead atoms. The second kappa shape index (κ2) is 4.14. The fraction of sp³-hybridized carbons (Fsp3) is 0.143. The molecule has 0 amide bonds. The highest BCUT2D eigenvalue weighted by Crippen LogP contribution is 2.26. The molecule has 90 valence electrons. The summed E-state index contributed by atoms with van der Waals surface area (Å²) in [6, 6.07) is 7.94. The summed E-state index contributed by atoms with van der Waals surface area (Å²) >= 11 is 0. The monoisotopic (exact) mass is 241 g/mol. The summed E-state index contributed by atoms with van der Waals surface area (Å²) in [5, 5.41) is 0. The maximum atomic E-state index is 12.3. The highest BCUT2D eigenvalue weighted by Gasteiger charge is 2.43. The zero-order valence-electron chi connectivity index (χ0n) is 9.58. The van der Waals surface area contributed by atoms with Gasteiger partial charge in [-0.15, -0.1) is 0 Å². The van der Waals surface area contributed by atoms with E-state index in [0.717, 1.165) is 0 Å². The Hall–Kier alpha value is -2.36. The molecule has 0 aromatic heterocycles. The number of rotatable bonds is 2. The minimum atomic E-state index is -0.858. The van der Waals surface area contributed by atoms with E-state index in [-0.39, 0.29) is 5.78 Å². The Morgan fingerprint density at radius 3 is 2.83 bits per heavy atom. The smallest absolute Gasteiger partial charge is 0.343 e. The van der Waals surface area contributed by atoms with Crippen LogP contribution < -0.4 is 0 Å². The molecule has 0 aliphatic carbocycles. The molecule has 1 aromatic carbocycles. The predicted octanol–water partition coefficient (Wildman–Crippen LogP) is 1.51. The Labute approximate surface area is 104 Å². The van der Waals surface area contributed by atoms with Crippen molar-refractivity contribution in [1.29, 1.82) is 0 Å². The zero-order chi connectivity index (χ0) is 12.5. The lowest BCUT2D eigenvalue weighted by Gasteiger charge is -2.21. The van der Waals surface area contributed by atoms with E-state index >= 15 is 0 Å². The Morgan fingerprint density at radius 2 is 2.06 bits per heavy atom. The average molecular weight is 241 g/mol. The summed E-state index contributed by atoms with van der Waals surface area (Å²) in [5.41, 5.74) is 0.523. The Bertz CT molecular complexity index is 560. The molecule has 1 unspecified atom stereocenters. The molecule has 4 nitrogen and oxygen atoms in total. The summed E-state index contributed by atoms with van der Waals surface area (Å²) in [6.45, 7) is 0.515. The van der Waals surface area contributed by atoms with Gasteiger partial charge in [-0.25, -0.2) is 4.79 Å². The molecular weight excluding hydrogens is 230 g/mol. The van der Waals surface area contributed by atoms with Gasteiger partial charge in [0.25, 0.3) is 0 Å². The van der Waals surface area contributed by atoms with Crippen molar-refractivity contribution >= 4 is 11.8 Å². The number of Topliss-reactive ketones (excluding diaryl/α,β-unsaturated/α-hetero) is 1. The molecular formula is C14H11NO3. The first-order valence-corrected chi connectivity index (χ1v) is 5.72. The van der Waals surface area contributed by atoms with Gasteiger partial charge in [0, 0.05) is 12.1 Å². The van der Waals surface area contributed by atoms with Gasteiger partial charge in [-0.1, -0.05) is 42.5 Å². The third-order valence-corrected chi connectivity index (χ3v) is 3.01. The zero-order valence-corrected chi connectivity index (χ0v) is 9.58. The van der Waals surface area contributed by atoms with Crippen LogP contribution in [0.2, 0.25) is 0 Å². The Balaban J connectivity index is 1.93. The van der Waals surface area contributed by atoms with Crippen molar-refractivity contribution in [3.05, 3.63) is 60.0 Å². The number of carbonyl (C=O) groups is 2. The maximum Gasteiger partial charge on any atom is 0.343 e. The van der Waals surface area contributed by atoms with Gasteiger partial charge in [0.05, 0.1) is 0 Å². The van der Waals surface area contributed by atoms with Crippen LogP contribution in [0.25, 0.3) is 0 Å². The minimum Gasteiger partial charge on any atom is -0.408 e. The summed E-state index contributed by atoms with van der Waals surface area (Å²) in [7, 11) is 0. The molecule has 0 spiro atoms. The number of hydrogen-bond acceptors (Lipinski definition) is 4. The second-order valence-corrected chi connectivity index (χ2v) is 4.14. The summed E-state index contributed by atoms with van der Waals surface area (Å²) in [5.74, 6) is -0.269. The molecule has 2 aliphatic heterocycles. The van der Waals surface area contributed by atoms with E-state index in [9.17, 15) is 9.59 Å². The number of carbonyl (C=O) groups excluding carboxylic acids is 2. The van der Waals surface area contributed by atoms with E-state index in [2.05, 4.69) is 0 Å². The van der Waals surface area contributed by atoms with E-state index in [1.165, 1.54) is 0 Å². The van der Waals surface area contributed by atoms with Gasteiger partial charge in [0.2, 0.25) is 5.88 Å². The summed E-state index contributed by atoms with van der Waals surface area (Å²) < 4.78 is 5.10. The van der Waals surface area contributed by atoms with E-state index < -0.39 is 12.0 Å². The van der Waals surface area contributed by atoms with Crippen LogP contribution in [0.1, 0.15) is 10.4 Å². The van der Waals surface area contributed by atoms with Crippen LogP contribution in [0.5, 0.6) is 0 Å². The number of nitrogens with zero attached hydrogens (tertiary/aromatic N) is 1. The standard InChI is InChI=1S/C14H11NO3/c16-13(10-6-2-1-3-7-10)12-14(17)18-11-8-4-5-9-15(11)12/h1-8,12H,9H2. The average Bonchev–Trinajstić information content (AvgIpc) is 2.75. The van der Waals surface area contributed by atoms with Crippen LogP contribution in [0.3, 0.4) is 0 Å². The van der Waals surface area contributed by atoms with Gasteiger partial charge in [0.15, 0.2) is 11.8 Å².